The number of nitrogens with two attached hydrogens (primary N) is 1. The number of rotatable bonds is 4. The second-order valence-electron chi connectivity index (χ2n) is 5.40. The molecule has 0 bridgehead atoms. The number of anilines is 1. The number of carboxylic acid groups (broad SMARTS) is 1. The first-order valence-corrected chi connectivity index (χ1v) is 7.03. The zero-order valence-corrected chi connectivity index (χ0v) is 12.1. The highest BCUT2D eigenvalue weighted by Crippen LogP contribution is 2.28. The van der Waals surface area contributed by atoms with Crippen LogP contribution in [0.2, 0.25) is 0 Å². The van der Waals surface area contributed by atoms with Gasteiger partial charge in [0.05, 0.1) is 0 Å². The van der Waals surface area contributed by atoms with E-state index >= 15 is 0 Å². The van der Waals surface area contributed by atoms with Crippen molar-refractivity contribution in [1.82, 2.24) is 0 Å². The Hall–Kier alpha value is -2.30. The van der Waals surface area contributed by atoms with Crippen molar-refractivity contribution >= 4 is 23.6 Å². The van der Waals surface area contributed by atoms with E-state index in [9.17, 15) is 9.59 Å². The van der Waals surface area contributed by atoms with Crippen molar-refractivity contribution in [1.29, 1.82) is 0 Å². The van der Waals surface area contributed by atoms with Gasteiger partial charge in [0.2, 0.25) is 5.91 Å². The van der Waals surface area contributed by atoms with Crippen molar-refractivity contribution in [3.05, 3.63) is 35.4 Å². The maximum atomic E-state index is 11.2. The molecule has 0 aliphatic carbocycles. The molecule has 0 aromatic heterocycles. The van der Waals surface area contributed by atoms with Gasteiger partial charge in [-0.1, -0.05) is 11.6 Å². The number of piperidine rings is 1. The normalized spacial score (nSPS) is 16.3. The Morgan fingerprint density at radius 1 is 1.33 bits per heavy atom. The summed E-state index contributed by atoms with van der Waals surface area (Å²) in [6.45, 7) is 3.48. The Labute approximate surface area is 124 Å². The third-order valence-corrected chi connectivity index (χ3v) is 3.83. The fraction of sp³-hybridized carbons (Fsp3) is 0.375. The molecule has 1 amide bonds. The molecule has 0 unspecified atom stereocenters. The van der Waals surface area contributed by atoms with Crippen molar-refractivity contribution in [3.63, 3.8) is 0 Å². The first-order valence-electron chi connectivity index (χ1n) is 7.03. The van der Waals surface area contributed by atoms with E-state index in [0.29, 0.717) is 0 Å². The lowest BCUT2D eigenvalue weighted by atomic mass is 9.95. The number of nitrogens with zero attached hydrogens (tertiary/aromatic N) is 1. The van der Waals surface area contributed by atoms with Gasteiger partial charge < -0.3 is 15.7 Å². The van der Waals surface area contributed by atoms with E-state index in [2.05, 4.69) is 4.90 Å². The number of benzene rings is 1. The molecular weight excluding hydrogens is 268 g/mol. The predicted molar refractivity (Wildman–Crippen MR) is 82.0 cm³/mol. The fourth-order valence-electron chi connectivity index (χ4n) is 2.66. The minimum atomic E-state index is -0.963. The highest BCUT2D eigenvalue weighted by atomic mass is 16.4. The molecule has 112 valence electrons. The Bertz CT molecular complexity index is 573. The van der Waals surface area contributed by atoms with Crippen molar-refractivity contribution in [2.24, 2.45) is 11.7 Å². The lowest BCUT2D eigenvalue weighted by Gasteiger charge is -2.33. The minimum Gasteiger partial charge on any atom is -0.478 e. The number of aryl methyl sites for hydroxylation is 1. The van der Waals surface area contributed by atoms with Gasteiger partial charge in [-0.3, -0.25) is 4.79 Å². The minimum absolute atomic E-state index is 0.0512. The highest BCUT2D eigenvalue weighted by Gasteiger charge is 2.24. The quantitative estimate of drug-likeness (QED) is 0.827. The lowest BCUT2D eigenvalue weighted by Crippen LogP contribution is -2.38. The van der Waals surface area contributed by atoms with Gasteiger partial charge in [-0.25, -0.2) is 4.79 Å². The van der Waals surface area contributed by atoms with Crippen LogP contribution in [0.25, 0.3) is 6.08 Å². The lowest BCUT2D eigenvalue weighted by molar-refractivity contribution is -0.131. The topological polar surface area (TPSA) is 83.6 Å². The van der Waals surface area contributed by atoms with Crippen LogP contribution in [0, 0.1) is 12.8 Å². The van der Waals surface area contributed by atoms with Gasteiger partial charge in [0.25, 0.3) is 0 Å². The summed E-state index contributed by atoms with van der Waals surface area (Å²) in [5.74, 6) is -1.25. The average molecular weight is 288 g/mol. The molecule has 0 spiro atoms. The van der Waals surface area contributed by atoms with E-state index in [4.69, 9.17) is 10.8 Å². The second-order valence-corrected chi connectivity index (χ2v) is 5.40. The van der Waals surface area contributed by atoms with Crippen LogP contribution in [0.15, 0.2) is 24.3 Å². The van der Waals surface area contributed by atoms with Crippen molar-refractivity contribution in [3.8, 4) is 0 Å². The number of primary amides is 1. The van der Waals surface area contributed by atoms with Crippen LogP contribution in [-0.2, 0) is 9.59 Å². The number of carboxylic acids is 1. The van der Waals surface area contributed by atoms with Gasteiger partial charge in [-0.2, -0.15) is 0 Å². The number of hydrogen-bond acceptors (Lipinski definition) is 3. The first kappa shape index (κ1) is 15.1. The molecule has 5 heteroatoms. The van der Waals surface area contributed by atoms with Crippen molar-refractivity contribution in [2.45, 2.75) is 19.8 Å². The summed E-state index contributed by atoms with van der Waals surface area (Å²) in [6.07, 6.45) is 4.25. The molecule has 0 atom stereocenters. The standard InChI is InChI=1S/C16H20N2O3/c1-11-2-4-14(13(10-11)3-5-15(19)20)18-8-6-12(7-9-18)16(17)21/h2-5,10,12H,6-9H2,1H3,(H2,17,21)(H,19,20)/b5-3+. The average Bonchev–Trinajstić information content (AvgIpc) is 2.45. The van der Waals surface area contributed by atoms with Gasteiger partial charge in [0.1, 0.15) is 0 Å². The summed E-state index contributed by atoms with van der Waals surface area (Å²) >= 11 is 0. The van der Waals surface area contributed by atoms with E-state index < -0.39 is 5.97 Å². The van der Waals surface area contributed by atoms with Crippen LogP contribution >= 0.6 is 0 Å². The largest absolute Gasteiger partial charge is 0.478 e. The van der Waals surface area contributed by atoms with Gasteiger partial charge in [0.15, 0.2) is 0 Å². The highest BCUT2D eigenvalue weighted by molar-refractivity contribution is 5.87. The summed E-state index contributed by atoms with van der Waals surface area (Å²) in [5, 5.41) is 8.79. The molecule has 1 aromatic carbocycles. The molecule has 21 heavy (non-hydrogen) atoms. The van der Waals surface area contributed by atoms with E-state index in [1.54, 1.807) is 6.08 Å². The number of amides is 1. The smallest absolute Gasteiger partial charge is 0.328 e. The Morgan fingerprint density at radius 2 is 2.00 bits per heavy atom. The van der Waals surface area contributed by atoms with Crippen LogP contribution in [0.5, 0.6) is 0 Å². The predicted octanol–water partition coefficient (Wildman–Crippen LogP) is 1.79. The molecule has 1 aliphatic rings. The molecule has 3 N–H and O–H groups in total. The third kappa shape index (κ3) is 3.84. The van der Waals surface area contributed by atoms with Gasteiger partial charge >= 0.3 is 5.97 Å². The van der Waals surface area contributed by atoms with Crippen LogP contribution in [-0.4, -0.2) is 30.1 Å². The summed E-state index contributed by atoms with van der Waals surface area (Å²) in [5.41, 5.74) is 8.31. The maximum absolute atomic E-state index is 11.2. The maximum Gasteiger partial charge on any atom is 0.328 e. The van der Waals surface area contributed by atoms with Crippen molar-refractivity contribution in [2.75, 3.05) is 18.0 Å². The third-order valence-electron chi connectivity index (χ3n) is 3.83. The van der Waals surface area contributed by atoms with E-state index in [1.165, 1.54) is 0 Å². The summed E-state index contributed by atoms with van der Waals surface area (Å²) < 4.78 is 0. The van der Waals surface area contributed by atoms with Crippen LogP contribution in [0.1, 0.15) is 24.0 Å². The van der Waals surface area contributed by atoms with Gasteiger partial charge in [-0.05, 0) is 43.5 Å². The fourth-order valence-corrected chi connectivity index (χ4v) is 2.66. The summed E-state index contributed by atoms with van der Waals surface area (Å²) in [6, 6.07) is 5.98. The van der Waals surface area contributed by atoms with Crippen LogP contribution in [0.3, 0.4) is 0 Å². The second kappa shape index (κ2) is 6.43. The Kier molecular flexibility index (Phi) is 4.62. The zero-order valence-electron chi connectivity index (χ0n) is 12.1. The number of carbonyl (C=O) groups excluding carboxylic acids is 1. The molecular formula is C16H20N2O3. The monoisotopic (exact) mass is 288 g/mol. The molecule has 1 aromatic rings. The molecule has 1 fully saturated rings. The van der Waals surface area contributed by atoms with Gasteiger partial charge in [-0.15, -0.1) is 0 Å². The van der Waals surface area contributed by atoms with Gasteiger partial charge in [0, 0.05) is 30.8 Å². The molecule has 2 rings (SSSR count). The van der Waals surface area contributed by atoms with E-state index in [0.717, 1.165) is 48.8 Å². The summed E-state index contributed by atoms with van der Waals surface area (Å²) in [7, 11) is 0. The number of carbonyl (C=O) groups is 2. The number of hydrogen-bond donors (Lipinski definition) is 2. The summed E-state index contributed by atoms with van der Waals surface area (Å²) in [4.78, 5) is 24.1. The van der Waals surface area contributed by atoms with E-state index in [1.807, 2.05) is 25.1 Å². The zero-order chi connectivity index (χ0) is 15.4. The molecule has 5 nitrogen and oxygen atoms in total. The number of aliphatic carboxylic acids is 1. The molecule has 1 aliphatic heterocycles. The molecule has 1 heterocycles. The Morgan fingerprint density at radius 3 is 2.57 bits per heavy atom. The van der Waals surface area contributed by atoms with E-state index in [-0.39, 0.29) is 11.8 Å². The SMILES string of the molecule is Cc1ccc(N2CCC(C(N)=O)CC2)c(/C=C/C(=O)O)c1. The molecule has 1 saturated heterocycles. The first-order chi connectivity index (χ1) is 9.97. The van der Waals surface area contributed by atoms with Crippen molar-refractivity contribution < 1.29 is 14.7 Å². The molecule has 0 radical (unpaired) electrons. The Balaban J connectivity index is 2.20. The van der Waals surface area contributed by atoms with Crippen LogP contribution in [0.4, 0.5) is 5.69 Å². The molecule has 0 saturated carbocycles. The van der Waals surface area contributed by atoms with Crippen LogP contribution < -0.4 is 10.6 Å².